The van der Waals surface area contributed by atoms with E-state index in [0.29, 0.717) is 6.54 Å². The van der Waals surface area contributed by atoms with E-state index in [0.717, 1.165) is 34.0 Å². The molecule has 0 spiro atoms. The molecule has 4 heteroatoms. The molecule has 1 aromatic carbocycles. The van der Waals surface area contributed by atoms with Gasteiger partial charge in [0.15, 0.2) is 0 Å². The Morgan fingerprint density at radius 3 is 2.42 bits per heavy atom. The van der Waals surface area contributed by atoms with Crippen LogP contribution < -0.4 is 10.5 Å². The minimum absolute atomic E-state index is 0.429. The maximum absolute atomic E-state index is 6.11. The minimum atomic E-state index is 0.429. The number of hydrogen-bond acceptors (Lipinski definition) is 3. The largest absolute Gasteiger partial charge is 0.438 e. The van der Waals surface area contributed by atoms with Gasteiger partial charge >= 0.3 is 0 Å². The summed E-state index contributed by atoms with van der Waals surface area (Å²) in [4.78, 5) is 0. The van der Waals surface area contributed by atoms with Crippen LogP contribution in [0.2, 0.25) is 0 Å². The number of nitrogens with two attached hydrogens (primary N) is 1. The number of ether oxygens (including phenoxy) is 1. The van der Waals surface area contributed by atoms with E-state index in [-0.39, 0.29) is 0 Å². The molecule has 102 valence electrons. The highest BCUT2D eigenvalue weighted by atomic mass is 16.5. The Kier molecular flexibility index (Phi) is 3.62. The van der Waals surface area contributed by atoms with Gasteiger partial charge in [0.05, 0.1) is 11.3 Å². The monoisotopic (exact) mass is 259 g/mol. The van der Waals surface area contributed by atoms with Gasteiger partial charge in [-0.1, -0.05) is 12.1 Å². The highest BCUT2D eigenvalue weighted by Crippen LogP contribution is 2.32. The van der Waals surface area contributed by atoms with Crippen LogP contribution in [0.5, 0.6) is 11.6 Å². The normalized spacial score (nSPS) is 10.8. The van der Waals surface area contributed by atoms with Crippen molar-refractivity contribution in [1.82, 2.24) is 9.78 Å². The Morgan fingerprint density at radius 1 is 1.16 bits per heavy atom. The summed E-state index contributed by atoms with van der Waals surface area (Å²) in [6.07, 6.45) is 0. The van der Waals surface area contributed by atoms with Crippen LogP contribution >= 0.6 is 0 Å². The number of aryl methyl sites for hydroxylation is 4. The molecule has 2 aromatic rings. The van der Waals surface area contributed by atoms with E-state index in [1.807, 2.05) is 20.9 Å². The van der Waals surface area contributed by atoms with Gasteiger partial charge in [-0.3, -0.25) is 0 Å². The van der Waals surface area contributed by atoms with Crippen molar-refractivity contribution in [3.05, 3.63) is 40.1 Å². The fourth-order valence-corrected chi connectivity index (χ4v) is 2.22. The van der Waals surface area contributed by atoms with Crippen molar-refractivity contribution < 1.29 is 4.74 Å². The molecule has 0 aliphatic carbocycles. The van der Waals surface area contributed by atoms with Gasteiger partial charge in [-0.25, -0.2) is 4.68 Å². The number of nitrogens with zero attached hydrogens (tertiary/aromatic N) is 2. The maximum atomic E-state index is 6.11. The second kappa shape index (κ2) is 5.05. The lowest BCUT2D eigenvalue weighted by Gasteiger charge is -2.14. The number of rotatable bonds is 3. The number of aromatic nitrogens is 2. The van der Waals surface area contributed by atoms with Gasteiger partial charge in [-0.05, 0) is 44.4 Å². The molecule has 0 bridgehead atoms. The van der Waals surface area contributed by atoms with Gasteiger partial charge < -0.3 is 10.5 Å². The van der Waals surface area contributed by atoms with E-state index in [4.69, 9.17) is 10.5 Å². The topological polar surface area (TPSA) is 53.1 Å². The molecule has 0 saturated carbocycles. The van der Waals surface area contributed by atoms with Crippen molar-refractivity contribution in [2.75, 3.05) is 0 Å². The predicted molar refractivity (Wildman–Crippen MR) is 76.6 cm³/mol. The fraction of sp³-hybridized carbons (Fsp3) is 0.400. The average molecular weight is 259 g/mol. The SMILES string of the molecule is Cc1ccc(C)c(Oc2c(CN)c(C)nn2C)c1C. The van der Waals surface area contributed by atoms with Gasteiger partial charge in [0.25, 0.3) is 0 Å². The van der Waals surface area contributed by atoms with E-state index >= 15 is 0 Å². The Morgan fingerprint density at radius 2 is 1.79 bits per heavy atom. The summed E-state index contributed by atoms with van der Waals surface area (Å²) < 4.78 is 7.86. The van der Waals surface area contributed by atoms with Gasteiger partial charge in [-0.15, -0.1) is 0 Å². The Balaban J connectivity index is 2.50. The molecule has 1 aromatic heterocycles. The second-order valence-corrected chi connectivity index (χ2v) is 4.95. The van der Waals surface area contributed by atoms with E-state index in [9.17, 15) is 0 Å². The van der Waals surface area contributed by atoms with Gasteiger partial charge in [-0.2, -0.15) is 5.10 Å². The summed E-state index contributed by atoms with van der Waals surface area (Å²) in [6.45, 7) is 8.58. The van der Waals surface area contributed by atoms with Crippen molar-refractivity contribution in [2.45, 2.75) is 34.2 Å². The molecular weight excluding hydrogens is 238 g/mol. The van der Waals surface area contributed by atoms with E-state index in [1.54, 1.807) is 4.68 Å². The standard InChI is InChI=1S/C15H21N3O/c1-9-6-7-10(2)14(11(9)3)19-15-13(8-16)12(4)17-18(15)5/h6-7H,8,16H2,1-5H3. The van der Waals surface area contributed by atoms with Gasteiger partial charge in [0.2, 0.25) is 5.88 Å². The Labute approximate surface area is 114 Å². The highest BCUT2D eigenvalue weighted by molar-refractivity contribution is 5.47. The molecule has 0 amide bonds. The van der Waals surface area contributed by atoms with Crippen LogP contribution in [-0.4, -0.2) is 9.78 Å². The van der Waals surface area contributed by atoms with E-state index < -0.39 is 0 Å². The fourth-order valence-electron chi connectivity index (χ4n) is 2.22. The first-order valence-corrected chi connectivity index (χ1v) is 6.43. The Bertz CT molecular complexity index is 614. The lowest BCUT2D eigenvalue weighted by Crippen LogP contribution is -2.03. The molecule has 0 radical (unpaired) electrons. The molecule has 1 heterocycles. The molecule has 4 nitrogen and oxygen atoms in total. The average Bonchev–Trinajstić information content (AvgIpc) is 2.64. The van der Waals surface area contributed by atoms with Gasteiger partial charge in [0, 0.05) is 13.6 Å². The molecular formula is C15H21N3O. The van der Waals surface area contributed by atoms with Crippen LogP contribution in [0.3, 0.4) is 0 Å². The molecule has 2 N–H and O–H groups in total. The van der Waals surface area contributed by atoms with Crippen molar-refractivity contribution in [1.29, 1.82) is 0 Å². The van der Waals surface area contributed by atoms with Crippen LogP contribution in [0.1, 0.15) is 27.9 Å². The smallest absolute Gasteiger partial charge is 0.222 e. The van der Waals surface area contributed by atoms with Crippen LogP contribution in [-0.2, 0) is 13.6 Å². The third-order valence-corrected chi connectivity index (χ3v) is 3.57. The third kappa shape index (κ3) is 2.36. The summed E-state index contributed by atoms with van der Waals surface area (Å²) in [5, 5.41) is 4.37. The molecule has 0 aliphatic heterocycles. The summed E-state index contributed by atoms with van der Waals surface area (Å²) in [7, 11) is 1.88. The van der Waals surface area contributed by atoms with Crippen molar-refractivity contribution in [2.24, 2.45) is 12.8 Å². The third-order valence-electron chi connectivity index (χ3n) is 3.57. The quantitative estimate of drug-likeness (QED) is 0.922. The molecule has 2 rings (SSSR count). The lowest BCUT2D eigenvalue weighted by atomic mass is 10.1. The number of benzene rings is 1. The van der Waals surface area contributed by atoms with Crippen LogP contribution in [0, 0.1) is 27.7 Å². The first kappa shape index (κ1) is 13.6. The lowest BCUT2D eigenvalue weighted by molar-refractivity contribution is 0.420. The van der Waals surface area contributed by atoms with Crippen molar-refractivity contribution in [3.8, 4) is 11.6 Å². The van der Waals surface area contributed by atoms with Crippen molar-refractivity contribution in [3.63, 3.8) is 0 Å². The maximum Gasteiger partial charge on any atom is 0.222 e. The summed E-state index contributed by atoms with van der Waals surface area (Å²) in [5.41, 5.74) is 11.2. The second-order valence-electron chi connectivity index (χ2n) is 4.95. The number of hydrogen-bond donors (Lipinski definition) is 1. The first-order valence-electron chi connectivity index (χ1n) is 6.43. The highest BCUT2D eigenvalue weighted by Gasteiger charge is 2.16. The van der Waals surface area contributed by atoms with Gasteiger partial charge in [0.1, 0.15) is 5.75 Å². The van der Waals surface area contributed by atoms with Crippen LogP contribution in [0.4, 0.5) is 0 Å². The zero-order valence-electron chi connectivity index (χ0n) is 12.2. The summed E-state index contributed by atoms with van der Waals surface area (Å²) in [6, 6.07) is 4.18. The van der Waals surface area contributed by atoms with E-state index in [1.165, 1.54) is 5.56 Å². The van der Waals surface area contributed by atoms with E-state index in [2.05, 4.69) is 31.1 Å². The zero-order chi connectivity index (χ0) is 14.2. The van der Waals surface area contributed by atoms with Crippen LogP contribution in [0.25, 0.3) is 0 Å². The molecule has 0 fully saturated rings. The zero-order valence-corrected chi connectivity index (χ0v) is 12.2. The molecule has 0 atom stereocenters. The predicted octanol–water partition coefficient (Wildman–Crippen LogP) is 2.90. The minimum Gasteiger partial charge on any atom is -0.438 e. The summed E-state index contributed by atoms with van der Waals surface area (Å²) >= 11 is 0. The molecule has 0 saturated heterocycles. The molecule has 0 unspecified atom stereocenters. The van der Waals surface area contributed by atoms with Crippen LogP contribution in [0.15, 0.2) is 12.1 Å². The Hall–Kier alpha value is -1.81. The summed E-state index contributed by atoms with van der Waals surface area (Å²) in [5.74, 6) is 1.63. The molecule has 19 heavy (non-hydrogen) atoms. The molecule has 0 aliphatic rings. The van der Waals surface area contributed by atoms with Crippen molar-refractivity contribution >= 4 is 0 Å². The first-order chi connectivity index (χ1) is 8.95.